The third-order valence-corrected chi connectivity index (χ3v) is 3.93. The highest BCUT2D eigenvalue weighted by Gasteiger charge is 2.19. The first kappa shape index (κ1) is 14.5. The molecule has 0 saturated heterocycles. The Labute approximate surface area is 115 Å². The van der Waals surface area contributed by atoms with Crippen molar-refractivity contribution in [2.24, 2.45) is 0 Å². The predicted octanol–water partition coefficient (Wildman–Crippen LogP) is 1.81. The molecule has 3 N–H and O–H groups in total. The molecule has 8 heteroatoms. The van der Waals surface area contributed by atoms with Crippen molar-refractivity contribution in [3.05, 3.63) is 47.8 Å². The smallest absolute Gasteiger partial charge is 0.263 e. The van der Waals surface area contributed by atoms with Crippen LogP contribution in [-0.4, -0.2) is 20.4 Å². The van der Waals surface area contributed by atoms with Gasteiger partial charge in [-0.3, -0.25) is 4.72 Å². The number of anilines is 1. The van der Waals surface area contributed by atoms with Gasteiger partial charge in [0.15, 0.2) is 11.6 Å². The van der Waals surface area contributed by atoms with Crippen LogP contribution in [0, 0.1) is 11.6 Å². The standard InChI is InChI=1S/C12H13F2N3O2S/c1-15-6-8-5-9(7-16-8)20(18,19)17-11-4-2-3-10(13)12(11)14/h2-5,7,15-17H,6H2,1H3. The van der Waals surface area contributed by atoms with Gasteiger partial charge in [-0.2, -0.15) is 0 Å². The van der Waals surface area contributed by atoms with Crippen LogP contribution >= 0.6 is 0 Å². The van der Waals surface area contributed by atoms with Crippen molar-refractivity contribution in [3.63, 3.8) is 0 Å². The van der Waals surface area contributed by atoms with Gasteiger partial charge in [0.2, 0.25) is 0 Å². The summed E-state index contributed by atoms with van der Waals surface area (Å²) in [6.45, 7) is 0.462. The lowest BCUT2D eigenvalue weighted by Crippen LogP contribution is -2.13. The van der Waals surface area contributed by atoms with Gasteiger partial charge >= 0.3 is 0 Å². The van der Waals surface area contributed by atoms with E-state index in [1.54, 1.807) is 7.05 Å². The van der Waals surface area contributed by atoms with E-state index in [2.05, 4.69) is 10.3 Å². The molecule has 1 aromatic carbocycles. The molecule has 0 bridgehead atoms. The first-order valence-corrected chi connectivity index (χ1v) is 7.21. The molecular weight excluding hydrogens is 288 g/mol. The van der Waals surface area contributed by atoms with E-state index in [0.717, 1.165) is 12.1 Å². The lowest BCUT2D eigenvalue weighted by Gasteiger charge is -2.07. The Bertz CT molecular complexity index is 713. The van der Waals surface area contributed by atoms with Crippen molar-refractivity contribution >= 4 is 15.7 Å². The zero-order valence-electron chi connectivity index (χ0n) is 10.6. The second-order valence-corrected chi connectivity index (χ2v) is 5.78. The Morgan fingerprint density at radius 2 is 2.05 bits per heavy atom. The summed E-state index contributed by atoms with van der Waals surface area (Å²) in [7, 11) is -2.25. The maximum Gasteiger partial charge on any atom is 0.263 e. The monoisotopic (exact) mass is 301 g/mol. The summed E-state index contributed by atoms with van der Waals surface area (Å²) in [5.41, 5.74) is 0.231. The summed E-state index contributed by atoms with van der Waals surface area (Å²) < 4.78 is 52.6. The molecule has 1 heterocycles. The fourth-order valence-electron chi connectivity index (χ4n) is 1.65. The van der Waals surface area contributed by atoms with Crippen LogP contribution in [-0.2, 0) is 16.6 Å². The molecule has 5 nitrogen and oxygen atoms in total. The molecule has 1 aromatic heterocycles. The Hall–Kier alpha value is -1.93. The summed E-state index contributed by atoms with van der Waals surface area (Å²) in [6.07, 6.45) is 1.28. The van der Waals surface area contributed by atoms with Gasteiger partial charge < -0.3 is 10.3 Å². The van der Waals surface area contributed by atoms with E-state index < -0.39 is 27.3 Å². The molecule has 20 heavy (non-hydrogen) atoms. The number of hydrogen-bond donors (Lipinski definition) is 3. The Balaban J connectivity index is 2.28. The fraction of sp³-hybridized carbons (Fsp3) is 0.167. The molecule has 0 saturated carbocycles. The molecule has 0 atom stereocenters. The number of halogens is 2. The molecule has 0 aliphatic rings. The summed E-state index contributed by atoms with van der Waals surface area (Å²) in [5, 5.41) is 2.86. The molecule has 0 unspecified atom stereocenters. The number of rotatable bonds is 5. The lowest BCUT2D eigenvalue weighted by atomic mass is 10.3. The van der Waals surface area contributed by atoms with Crippen LogP contribution in [0.2, 0.25) is 0 Å². The van der Waals surface area contributed by atoms with Gasteiger partial charge in [-0.1, -0.05) is 6.07 Å². The predicted molar refractivity (Wildman–Crippen MR) is 70.7 cm³/mol. The molecule has 0 spiro atoms. The number of hydrogen-bond acceptors (Lipinski definition) is 3. The third-order valence-electron chi connectivity index (χ3n) is 2.59. The average molecular weight is 301 g/mol. The molecule has 108 valence electrons. The fourth-order valence-corrected chi connectivity index (χ4v) is 2.73. The van der Waals surface area contributed by atoms with Crippen molar-refractivity contribution in [3.8, 4) is 0 Å². The van der Waals surface area contributed by atoms with Crippen LogP contribution in [0.15, 0.2) is 35.4 Å². The number of benzene rings is 1. The van der Waals surface area contributed by atoms with Crippen LogP contribution in [0.5, 0.6) is 0 Å². The first-order valence-electron chi connectivity index (χ1n) is 5.73. The van der Waals surface area contributed by atoms with Gasteiger partial charge in [0.1, 0.15) is 4.90 Å². The second-order valence-electron chi connectivity index (χ2n) is 4.10. The van der Waals surface area contributed by atoms with Gasteiger partial charge in [0.25, 0.3) is 10.0 Å². The summed E-state index contributed by atoms with van der Waals surface area (Å²) >= 11 is 0. The summed E-state index contributed by atoms with van der Waals surface area (Å²) in [6, 6.07) is 4.70. The highest BCUT2D eigenvalue weighted by molar-refractivity contribution is 7.92. The zero-order valence-corrected chi connectivity index (χ0v) is 11.4. The van der Waals surface area contributed by atoms with Crippen molar-refractivity contribution in [2.45, 2.75) is 11.4 Å². The van der Waals surface area contributed by atoms with Crippen molar-refractivity contribution in [2.75, 3.05) is 11.8 Å². The van der Waals surface area contributed by atoms with Crippen LogP contribution in [0.4, 0.5) is 14.5 Å². The van der Waals surface area contributed by atoms with Crippen LogP contribution < -0.4 is 10.0 Å². The van der Waals surface area contributed by atoms with E-state index in [9.17, 15) is 17.2 Å². The maximum absolute atomic E-state index is 13.5. The number of sulfonamides is 1. The minimum atomic E-state index is -3.97. The zero-order chi connectivity index (χ0) is 14.8. The molecule has 0 aliphatic heterocycles. The van der Waals surface area contributed by atoms with E-state index in [0.29, 0.717) is 12.2 Å². The molecule has 0 radical (unpaired) electrons. The lowest BCUT2D eigenvalue weighted by molar-refractivity contribution is 0.511. The van der Waals surface area contributed by atoms with Crippen LogP contribution in [0.1, 0.15) is 5.69 Å². The highest BCUT2D eigenvalue weighted by Crippen LogP contribution is 2.21. The van der Waals surface area contributed by atoms with Gasteiger partial charge in [-0.15, -0.1) is 0 Å². The third kappa shape index (κ3) is 2.97. The normalized spacial score (nSPS) is 11.6. The summed E-state index contributed by atoms with van der Waals surface area (Å²) in [4.78, 5) is 2.73. The molecule has 2 aromatic rings. The summed E-state index contributed by atoms with van der Waals surface area (Å²) in [5.74, 6) is -2.35. The number of H-pyrrole nitrogens is 1. The van der Waals surface area contributed by atoms with Crippen molar-refractivity contribution < 1.29 is 17.2 Å². The van der Waals surface area contributed by atoms with Crippen molar-refractivity contribution in [1.29, 1.82) is 0 Å². The van der Waals surface area contributed by atoms with Gasteiger partial charge in [-0.25, -0.2) is 17.2 Å². The van der Waals surface area contributed by atoms with Gasteiger partial charge in [0, 0.05) is 18.4 Å². The minimum absolute atomic E-state index is 0.0496. The molecule has 2 rings (SSSR count). The minimum Gasteiger partial charge on any atom is -0.363 e. The average Bonchev–Trinajstić information content (AvgIpc) is 2.85. The number of aromatic amines is 1. The molecule has 0 aliphatic carbocycles. The van der Waals surface area contributed by atoms with E-state index in [-0.39, 0.29) is 4.90 Å². The maximum atomic E-state index is 13.5. The van der Waals surface area contributed by atoms with Crippen LogP contribution in [0.25, 0.3) is 0 Å². The number of aromatic nitrogens is 1. The quantitative estimate of drug-likeness (QED) is 0.788. The van der Waals surface area contributed by atoms with Gasteiger partial charge in [0.05, 0.1) is 5.69 Å². The Kier molecular flexibility index (Phi) is 4.05. The SMILES string of the molecule is CNCc1cc(S(=O)(=O)Nc2cccc(F)c2F)c[nH]1. The Morgan fingerprint density at radius 3 is 2.75 bits per heavy atom. The topological polar surface area (TPSA) is 74.0 Å². The molecule has 0 fully saturated rings. The van der Waals surface area contributed by atoms with Crippen LogP contribution in [0.3, 0.4) is 0 Å². The van der Waals surface area contributed by atoms with E-state index in [1.165, 1.54) is 18.3 Å². The highest BCUT2D eigenvalue weighted by atomic mass is 32.2. The van der Waals surface area contributed by atoms with E-state index >= 15 is 0 Å². The van der Waals surface area contributed by atoms with E-state index in [4.69, 9.17) is 0 Å². The first-order chi connectivity index (χ1) is 9.44. The van der Waals surface area contributed by atoms with Gasteiger partial charge in [-0.05, 0) is 25.2 Å². The Morgan fingerprint density at radius 1 is 1.30 bits per heavy atom. The van der Waals surface area contributed by atoms with Crippen molar-refractivity contribution in [1.82, 2.24) is 10.3 Å². The number of nitrogens with one attached hydrogen (secondary N) is 3. The van der Waals surface area contributed by atoms with E-state index in [1.807, 2.05) is 4.72 Å². The largest absolute Gasteiger partial charge is 0.363 e. The second kappa shape index (κ2) is 5.59. The molecule has 0 amide bonds. The molecular formula is C12H13F2N3O2S.